The number of methoxy groups -OCH3 is 1. The van der Waals surface area contributed by atoms with Crippen LogP contribution in [0.2, 0.25) is 0 Å². The van der Waals surface area contributed by atoms with Gasteiger partial charge in [0.15, 0.2) is 0 Å². The molecule has 0 saturated heterocycles. The maximum atomic E-state index is 5.52. The number of hydrogen-bond acceptors (Lipinski definition) is 1. The van der Waals surface area contributed by atoms with Crippen LogP contribution in [0.25, 0.3) is 0 Å². The molecule has 0 N–H and O–H groups in total. The van der Waals surface area contributed by atoms with Crippen molar-refractivity contribution in [3.8, 4) is 5.75 Å². The first-order valence-corrected chi connectivity index (χ1v) is 8.99. The number of benzene rings is 2. The van der Waals surface area contributed by atoms with Crippen LogP contribution in [0.5, 0.6) is 5.75 Å². The summed E-state index contributed by atoms with van der Waals surface area (Å²) in [7, 11) is 1.72. The lowest BCUT2D eigenvalue weighted by Crippen LogP contribution is -2.04. The summed E-state index contributed by atoms with van der Waals surface area (Å²) in [6.07, 6.45) is 5.07. The molecule has 0 aromatic heterocycles. The fourth-order valence-corrected chi connectivity index (χ4v) is 3.99. The van der Waals surface area contributed by atoms with E-state index in [4.69, 9.17) is 4.74 Å². The zero-order valence-corrected chi connectivity index (χ0v) is 15.2. The number of ether oxygens (including phenoxy) is 1. The molecular formula is C18H18Br2O. The zero-order valence-electron chi connectivity index (χ0n) is 12.0. The molecule has 1 aliphatic carbocycles. The monoisotopic (exact) mass is 408 g/mol. The average Bonchev–Trinajstić information content (AvgIpc) is 2.53. The number of fused-ring (bicyclic) bond motifs is 1. The standard InChI is InChI=1S/C18H18Br2O/c1-21-17-11-15(19)8-9-16(17)18(20)14-7-6-12-4-2-3-5-13(12)10-14/h6-11,18H,2-5H2,1H3. The first-order chi connectivity index (χ1) is 10.2. The minimum atomic E-state index is 0.160. The fourth-order valence-electron chi connectivity index (χ4n) is 2.98. The first kappa shape index (κ1) is 15.1. The number of aryl methyl sites for hydroxylation is 2. The van der Waals surface area contributed by atoms with Crippen LogP contribution in [-0.4, -0.2) is 7.11 Å². The van der Waals surface area contributed by atoms with Gasteiger partial charge in [-0.3, -0.25) is 0 Å². The van der Waals surface area contributed by atoms with Crippen molar-refractivity contribution in [1.29, 1.82) is 0 Å². The predicted octanol–water partition coefficient (Wildman–Crippen LogP) is 5.82. The molecule has 1 atom stereocenters. The molecule has 2 aromatic rings. The molecule has 21 heavy (non-hydrogen) atoms. The van der Waals surface area contributed by atoms with Crippen LogP contribution in [0.1, 0.15) is 39.9 Å². The summed E-state index contributed by atoms with van der Waals surface area (Å²) in [4.78, 5) is 0.160. The fraction of sp³-hybridized carbons (Fsp3) is 0.333. The third kappa shape index (κ3) is 3.19. The summed E-state index contributed by atoms with van der Waals surface area (Å²) in [6, 6.07) is 13.1. The Bertz CT molecular complexity index is 652. The van der Waals surface area contributed by atoms with E-state index >= 15 is 0 Å². The van der Waals surface area contributed by atoms with Crippen molar-refractivity contribution in [2.45, 2.75) is 30.5 Å². The molecule has 0 heterocycles. The normalized spacial score (nSPS) is 15.4. The van der Waals surface area contributed by atoms with Crippen LogP contribution >= 0.6 is 31.9 Å². The van der Waals surface area contributed by atoms with Gasteiger partial charge in [-0.1, -0.05) is 56.1 Å². The summed E-state index contributed by atoms with van der Waals surface area (Å²) < 4.78 is 6.56. The third-order valence-electron chi connectivity index (χ3n) is 4.13. The average molecular weight is 410 g/mol. The SMILES string of the molecule is COc1cc(Br)ccc1C(Br)c1ccc2c(c1)CCCC2. The minimum absolute atomic E-state index is 0.160. The molecule has 1 aliphatic rings. The summed E-state index contributed by atoms with van der Waals surface area (Å²) in [6.45, 7) is 0. The van der Waals surface area contributed by atoms with Gasteiger partial charge in [0.1, 0.15) is 5.75 Å². The number of rotatable bonds is 3. The van der Waals surface area contributed by atoms with Gasteiger partial charge in [-0.15, -0.1) is 0 Å². The summed E-state index contributed by atoms with van der Waals surface area (Å²) >= 11 is 7.34. The molecule has 0 radical (unpaired) electrons. The Morgan fingerprint density at radius 2 is 1.76 bits per heavy atom. The van der Waals surface area contributed by atoms with Crippen molar-refractivity contribution in [2.75, 3.05) is 7.11 Å². The van der Waals surface area contributed by atoms with Crippen LogP contribution in [0, 0.1) is 0 Å². The van der Waals surface area contributed by atoms with Gasteiger partial charge in [-0.25, -0.2) is 0 Å². The number of alkyl halides is 1. The Morgan fingerprint density at radius 1 is 1.00 bits per heavy atom. The molecule has 1 unspecified atom stereocenters. The highest BCUT2D eigenvalue weighted by molar-refractivity contribution is 9.10. The maximum absolute atomic E-state index is 5.52. The summed E-state index contributed by atoms with van der Waals surface area (Å²) in [5.41, 5.74) is 5.50. The van der Waals surface area contributed by atoms with Crippen LogP contribution in [-0.2, 0) is 12.8 Å². The smallest absolute Gasteiger partial charge is 0.124 e. The van der Waals surface area contributed by atoms with Gasteiger partial charge in [-0.05, 0) is 54.5 Å². The van der Waals surface area contributed by atoms with Gasteiger partial charge in [0.2, 0.25) is 0 Å². The van der Waals surface area contributed by atoms with E-state index in [9.17, 15) is 0 Å². The van der Waals surface area contributed by atoms with Crippen molar-refractivity contribution >= 4 is 31.9 Å². The van der Waals surface area contributed by atoms with Gasteiger partial charge in [0.05, 0.1) is 11.9 Å². The Hall–Kier alpha value is -0.800. The molecular weight excluding hydrogens is 392 g/mol. The van der Waals surface area contributed by atoms with Crippen LogP contribution < -0.4 is 4.74 Å². The van der Waals surface area contributed by atoms with Crippen molar-refractivity contribution in [1.82, 2.24) is 0 Å². The Balaban J connectivity index is 1.96. The molecule has 3 heteroatoms. The van der Waals surface area contributed by atoms with Gasteiger partial charge < -0.3 is 4.74 Å². The quantitative estimate of drug-likeness (QED) is 0.580. The number of halogens is 2. The number of hydrogen-bond donors (Lipinski definition) is 0. The second kappa shape index (κ2) is 6.53. The highest BCUT2D eigenvalue weighted by Crippen LogP contribution is 2.39. The van der Waals surface area contributed by atoms with E-state index in [1.54, 1.807) is 7.11 Å². The van der Waals surface area contributed by atoms with Gasteiger partial charge in [0, 0.05) is 10.0 Å². The van der Waals surface area contributed by atoms with E-state index in [1.807, 2.05) is 6.07 Å². The van der Waals surface area contributed by atoms with E-state index in [1.165, 1.54) is 42.4 Å². The Morgan fingerprint density at radius 3 is 2.52 bits per heavy atom. The highest BCUT2D eigenvalue weighted by atomic mass is 79.9. The first-order valence-electron chi connectivity index (χ1n) is 7.28. The second-order valence-electron chi connectivity index (χ2n) is 5.48. The molecule has 0 aliphatic heterocycles. The van der Waals surface area contributed by atoms with Crippen molar-refractivity contribution in [3.63, 3.8) is 0 Å². The lowest BCUT2D eigenvalue weighted by Gasteiger charge is -2.20. The van der Waals surface area contributed by atoms with E-state index < -0.39 is 0 Å². The van der Waals surface area contributed by atoms with Crippen LogP contribution in [0.15, 0.2) is 40.9 Å². The molecule has 2 aromatic carbocycles. The molecule has 1 nitrogen and oxygen atoms in total. The molecule has 3 rings (SSSR count). The van der Waals surface area contributed by atoms with Gasteiger partial charge in [-0.2, -0.15) is 0 Å². The Kier molecular flexibility index (Phi) is 4.70. The van der Waals surface area contributed by atoms with E-state index in [2.05, 4.69) is 62.2 Å². The van der Waals surface area contributed by atoms with Crippen molar-refractivity contribution in [2.24, 2.45) is 0 Å². The summed E-state index contributed by atoms with van der Waals surface area (Å²) in [5, 5.41) is 0. The molecule has 0 saturated carbocycles. The predicted molar refractivity (Wildman–Crippen MR) is 94.5 cm³/mol. The van der Waals surface area contributed by atoms with Gasteiger partial charge >= 0.3 is 0 Å². The lowest BCUT2D eigenvalue weighted by molar-refractivity contribution is 0.410. The van der Waals surface area contributed by atoms with Crippen LogP contribution in [0.4, 0.5) is 0 Å². The van der Waals surface area contributed by atoms with E-state index in [0.717, 1.165) is 15.8 Å². The largest absolute Gasteiger partial charge is 0.496 e. The lowest BCUT2D eigenvalue weighted by atomic mass is 9.89. The topological polar surface area (TPSA) is 9.23 Å². The minimum Gasteiger partial charge on any atom is -0.496 e. The maximum Gasteiger partial charge on any atom is 0.124 e. The molecule has 0 amide bonds. The second-order valence-corrected chi connectivity index (χ2v) is 7.32. The van der Waals surface area contributed by atoms with E-state index in [0.29, 0.717) is 0 Å². The Labute approximate surface area is 143 Å². The molecule has 110 valence electrons. The molecule has 0 fully saturated rings. The zero-order chi connectivity index (χ0) is 14.8. The van der Waals surface area contributed by atoms with Crippen molar-refractivity contribution in [3.05, 3.63) is 63.1 Å². The third-order valence-corrected chi connectivity index (χ3v) is 5.65. The van der Waals surface area contributed by atoms with Gasteiger partial charge in [0.25, 0.3) is 0 Å². The highest BCUT2D eigenvalue weighted by Gasteiger charge is 2.18. The summed E-state index contributed by atoms with van der Waals surface area (Å²) in [5.74, 6) is 0.906. The molecule has 0 bridgehead atoms. The van der Waals surface area contributed by atoms with E-state index in [-0.39, 0.29) is 4.83 Å². The van der Waals surface area contributed by atoms with Crippen LogP contribution in [0.3, 0.4) is 0 Å². The van der Waals surface area contributed by atoms with Crippen molar-refractivity contribution < 1.29 is 4.74 Å². The molecule has 0 spiro atoms.